The van der Waals surface area contributed by atoms with E-state index < -0.39 is 12.1 Å². The third-order valence-electron chi connectivity index (χ3n) is 1.97. The van der Waals surface area contributed by atoms with Crippen molar-refractivity contribution in [3.05, 3.63) is 34.0 Å². The van der Waals surface area contributed by atoms with E-state index in [-0.39, 0.29) is 6.61 Å². The van der Waals surface area contributed by atoms with E-state index in [4.69, 9.17) is 4.74 Å². The van der Waals surface area contributed by atoms with Gasteiger partial charge in [-0.25, -0.2) is 0 Å². The summed E-state index contributed by atoms with van der Waals surface area (Å²) in [7, 11) is 0. The van der Waals surface area contributed by atoms with Crippen LogP contribution in [0.25, 0.3) is 0 Å². The predicted molar refractivity (Wildman–Crippen MR) is 75.4 cm³/mol. The Hall–Kier alpha value is -2.01. The Balaban J connectivity index is 2.62. The molecule has 0 aliphatic carbocycles. The largest absolute Gasteiger partial charge is 0.463 e. The molecule has 0 aliphatic rings. The summed E-state index contributed by atoms with van der Waals surface area (Å²) in [5.74, 6) is 10.6. The summed E-state index contributed by atoms with van der Waals surface area (Å²) in [6, 6.07) is 3.57. The fourth-order valence-corrected chi connectivity index (χ4v) is 1.96. The van der Waals surface area contributed by atoms with Crippen LogP contribution in [0.1, 0.15) is 29.7 Å². The number of thiophene rings is 1. The van der Waals surface area contributed by atoms with Crippen molar-refractivity contribution < 1.29 is 14.6 Å². The molecule has 0 fully saturated rings. The molecule has 1 rings (SSSR count). The molecule has 0 bridgehead atoms. The Morgan fingerprint density at radius 3 is 3.00 bits per heavy atom. The van der Waals surface area contributed by atoms with Gasteiger partial charge in [0.1, 0.15) is 12.7 Å². The van der Waals surface area contributed by atoms with E-state index in [1.807, 2.05) is 13.0 Å². The minimum atomic E-state index is -0.807. The van der Waals surface area contributed by atoms with Crippen LogP contribution in [0.3, 0.4) is 0 Å². The molecule has 3 nitrogen and oxygen atoms in total. The highest BCUT2D eigenvalue weighted by molar-refractivity contribution is 7.12. The van der Waals surface area contributed by atoms with Gasteiger partial charge in [-0.2, -0.15) is 0 Å². The Morgan fingerprint density at radius 2 is 2.32 bits per heavy atom. The fourth-order valence-electron chi connectivity index (χ4n) is 1.13. The van der Waals surface area contributed by atoms with Crippen molar-refractivity contribution in [2.75, 3.05) is 6.61 Å². The number of ether oxygens (including phenoxy) is 1. The Morgan fingerprint density at radius 1 is 1.53 bits per heavy atom. The first-order valence-corrected chi connectivity index (χ1v) is 6.49. The molecule has 1 aromatic heterocycles. The number of carbonyl (C=O) groups excluding carboxylic acids is 1. The number of hydrogen-bond acceptors (Lipinski definition) is 4. The molecular formula is C15H14O3S. The molecule has 19 heavy (non-hydrogen) atoms. The molecule has 1 aromatic rings. The first-order chi connectivity index (χ1) is 9.13. The number of hydrogen-bond donors (Lipinski definition) is 1. The normalized spacial score (nSPS) is 11.1. The van der Waals surface area contributed by atoms with Crippen LogP contribution in [-0.2, 0) is 9.53 Å². The van der Waals surface area contributed by atoms with Gasteiger partial charge in [-0.3, -0.25) is 4.79 Å². The average molecular weight is 274 g/mol. The average Bonchev–Trinajstić information content (AvgIpc) is 2.84. The molecule has 1 unspecified atom stereocenters. The van der Waals surface area contributed by atoms with Crippen LogP contribution in [0.15, 0.2) is 24.3 Å². The second-order valence-corrected chi connectivity index (χ2v) is 4.66. The van der Waals surface area contributed by atoms with Crippen molar-refractivity contribution in [3.8, 4) is 23.7 Å². The maximum absolute atomic E-state index is 10.6. The van der Waals surface area contributed by atoms with Crippen molar-refractivity contribution >= 4 is 17.3 Å². The van der Waals surface area contributed by atoms with Gasteiger partial charge in [-0.05, 0) is 42.9 Å². The van der Waals surface area contributed by atoms with Gasteiger partial charge < -0.3 is 9.84 Å². The number of allylic oxidation sites excluding steroid dienone is 2. The maximum atomic E-state index is 10.6. The minimum absolute atomic E-state index is 0.0379. The molecule has 4 heteroatoms. The zero-order valence-corrected chi connectivity index (χ0v) is 11.6. The lowest BCUT2D eigenvalue weighted by atomic mass is 10.3. The molecule has 1 heterocycles. The SMILES string of the molecule is CC=CC#CC#Cc1ccc(C(O)COC(C)=O)s1. The van der Waals surface area contributed by atoms with Crippen molar-refractivity contribution in [2.45, 2.75) is 20.0 Å². The Bertz CT molecular complexity index is 576. The van der Waals surface area contributed by atoms with Crippen LogP contribution in [0.5, 0.6) is 0 Å². The fraction of sp³-hybridized carbons (Fsp3) is 0.267. The standard InChI is InChI=1S/C15H14O3S/c1-3-4-5-6-7-8-13-9-10-15(19-13)14(17)11-18-12(2)16/h3-4,9-10,14,17H,11H2,1-2H3. The first-order valence-electron chi connectivity index (χ1n) is 5.67. The zero-order valence-electron chi connectivity index (χ0n) is 10.8. The third-order valence-corrected chi connectivity index (χ3v) is 3.07. The quantitative estimate of drug-likeness (QED) is 0.679. The van der Waals surface area contributed by atoms with Gasteiger partial charge >= 0.3 is 5.97 Å². The number of esters is 1. The van der Waals surface area contributed by atoms with Gasteiger partial charge in [0.15, 0.2) is 0 Å². The predicted octanol–water partition coefficient (Wildman–Crippen LogP) is 2.28. The highest BCUT2D eigenvalue weighted by Gasteiger charge is 2.11. The van der Waals surface area contributed by atoms with E-state index >= 15 is 0 Å². The maximum Gasteiger partial charge on any atom is 0.302 e. The van der Waals surface area contributed by atoms with Crippen LogP contribution in [0, 0.1) is 23.7 Å². The monoisotopic (exact) mass is 274 g/mol. The van der Waals surface area contributed by atoms with E-state index in [0.717, 1.165) is 4.88 Å². The van der Waals surface area contributed by atoms with Gasteiger partial charge in [0, 0.05) is 11.8 Å². The lowest BCUT2D eigenvalue weighted by Gasteiger charge is -2.07. The topological polar surface area (TPSA) is 46.5 Å². The highest BCUT2D eigenvalue weighted by Crippen LogP contribution is 2.22. The van der Waals surface area contributed by atoms with Crippen molar-refractivity contribution in [2.24, 2.45) is 0 Å². The zero-order chi connectivity index (χ0) is 14.1. The molecule has 0 saturated heterocycles. The molecular weight excluding hydrogens is 260 g/mol. The van der Waals surface area contributed by atoms with E-state index in [1.165, 1.54) is 18.3 Å². The lowest BCUT2D eigenvalue weighted by molar-refractivity contribution is -0.143. The summed E-state index contributed by atoms with van der Waals surface area (Å²) in [4.78, 5) is 12.2. The molecule has 98 valence electrons. The van der Waals surface area contributed by atoms with Crippen LogP contribution in [0.2, 0.25) is 0 Å². The second-order valence-electron chi connectivity index (χ2n) is 3.54. The van der Waals surface area contributed by atoms with Crippen molar-refractivity contribution in [1.82, 2.24) is 0 Å². The van der Waals surface area contributed by atoms with Crippen LogP contribution in [-0.4, -0.2) is 17.7 Å². The molecule has 0 aromatic carbocycles. The molecule has 0 spiro atoms. The summed E-state index contributed by atoms with van der Waals surface area (Å²) >= 11 is 1.36. The van der Waals surface area contributed by atoms with Crippen molar-refractivity contribution in [1.29, 1.82) is 0 Å². The van der Waals surface area contributed by atoms with Gasteiger partial charge in [0.2, 0.25) is 0 Å². The summed E-state index contributed by atoms with van der Waals surface area (Å²) in [6.45, 7) is 3.16. The molecule has 1 atom stereocenters. The Labute approximate surface area is 116 Å². The van der Waals surface area contributed by atoms with E-state index in [1.54, 1.807) is 18.2 Å². The van der Waals surface area contributed by atoms with E-state index in [2.05, 4.69) is 23.7 Å². The lowest BCUT2D eigenvalue weighted by Crippen LogP contribution is -2.08. The number of aliphatic hydroxyl groups is 1. The molecule has 0 saturated carbocycles. The van der Waals surface area contributed by atoms with Crippen LogP contribution >= 0.6 is 11.3 Å². The highest BCUT2D eigenvalue weighted by atomic mass is 32.1. The number of carbonyl (C=O) groups is 1. The van der Waals surface area contributed by atoms with Gasteiger partial charge in [-0.15, -0.1) is 11.3 Å². The smallest absolute Gasteiger partial charge is 0.302 e. The summed E-state index contributed by atoms with van der Waals surface area (Å²) < 4.78 is 4.74. The summed E-state index contributed by atoms with van der Waals surface area (Å²) in [5, 5.41) is 9.77. The van der Waals surface area contributed by atoms with E-state index in [9.17, 15) is 9.90 Å². The first kappa shape index (κ1) is 15.0. The van der Waals surface area contributed by atoms with Crippen LogP contribution < -0.4 is 0 Å². The van der Waals surface area contributed by atoms with Gasteiger partial charge in [0.25, 0.3) is 0 Å². The molecule has 0 aliphatic heterocycles. The van der Waals surface area contributed by atoms with Crippen molar-refractivity contribution in [3.63, 3.8) is 0 Å². The third kappa shape index (κ3) is 5.92. The summed E-state index contributed by atoms with van der Waals surface area (Å²) in [5.41, 5.74) is 0. The number of aliphatic hydroxyl groups excluding tert-OH is 1. The Kier molecular flexibility index (Phi) is 6.46. The van der Waals surface area contributed by atoms with E-state index in [0.29, 0.717) is 4.88 Å². The van der Waals surface area contributed by atoms with Gasteiger partial charge in [0.05, 0.1) is 4.88 Å². The summed E-state index contributed by atoms with van der Waals surface area (Å²) in [6.07, 6.45) is 2.75. The molecule has 0 radical (unpaired) electrons. The minimum Gasteiger partial charge on any atom is -0.463 e. The second kappa shape index (κ2) is 8.16. The van der Waals surface area contributed by atoms with Crippen LogP contribution in [0.4, 0.5) is 0 Å². The number of rotatable bonds is 3. The van der Waals surface area contributed by atoms with Gasteiger partial charge in [-0.1, -0.05) is 12.0 Å². The molecule has 0 amide bonds. The molecule has 1 N–H and O–H groups in total.